The highest BCUT2D eigenvalue weighted by Gasteiger charge is 2.26. The number of rotatable bonds is 4. The van der Waals surface area contributed by atoms with Gasteiger partial charge < -0.3 is 10.2 Å². The van der Waals surface area contributed by atoms with Crippen LogP contribution in [0.3, 0.4) is 0 Å². The minimum absolute atomic E-state index is 0.0148. The van der Waals surface area contributed by atoms with Crippen LogP contribution in [0.15, 0.2) is 42.6 Å². The van der Waals surface area contributed by atoms with Gasteiger partial charge in [-0.1, -0.05) is 30.3 Å². The number of fused-ring (bicyclic) bond motifs is 1. The average molecular weight is 375 g/mol. The van der Waals surface area contributed by atoms with Crippen LogP contribution in [0.25, 0.3) is 11.2 Å². The van der Waals surface area contributed by atoms with Gasteiger partial charge in [-0.3, -0.25) is 4.79 Å². The van der Waals surface area contributed by atoms with E-state index in [2.05, 4.69) is 25.2 Å². The predicted molar refractivity (Wildman–Crippen MR) is 110 cm³/mol. The van der Waals surface area contributed by atoms with E-state index in [0.29, 0.717) is 18.7 Å². The van der Waals surface area contributed by atoms with Gasteiger partial charge in [-0.25, -0.2) is 15.0 Å². The molecule has 144 valence electrons. The van der Waals surface area contributed by atoms with E-state index in [9.17, 15) is 4.79 Å². The lowest BCUT2D eigenvalue weighted by atomic mass is 9.96. The Bertz CT molecular complexity index is 989. The summed E-state index contributed by atoms with van der Waals surface area (Å²) in [5.41, 5.74) is 5.42. The van der Waals surface area contributed by atoms with Gasteiger partial charge in [-0.15, -0.1) is 0 Å². The number of amides is 1. The van der Waals surface area contributed by atoms with Crippen LogP contribution >= 0.6 is 0 Å². The normalized spacial score (nSPS) is 16.9. The summed E-state index contributed by atoms with van der Waals surface area (Å²) >= 11 is 0. The maximum absolute atomic E-state index is 12.7. The van der Waals surface area contributed by atoms with Gasteiger partial charge in [-0.2, -0.15) is 0 Å². The highest BCUT2D eigenvalue weighted by Crippen LogP contribution is 2.25. The second-order valence-electron chi connectivity index (χ2n) is 7.42. The fourth-order valence-electron chi connectivity index (χ4n) is 3.63. The smallest absolute Gasteiger partial charge is 0.225 e. The van der Waals surface area contributed by atoms with Crippen LogP contribution in [-0.2, 0) is 11.3 Å². The summed E-state index contributed by atoms with van der Waals surface area (Å²) in [7, 11) is 0. The molecule has 1 N–H and O–H groups in total. The lowest BCUT2D eigenvalue weighted by Gasteiger charge is -2.33. The van der Waals surface area contributed by atoms with Crippen molar-refractivity contribution < 1.29 is 4.79 Å². The molecule has 0 aliphatic carbocycles. The minimum atomic E-state index is -0.0148. The Hall–Kier alpha value is -3.02. The molecule has 1 saturated heterocycles. The highest BCUT2D eigenvalue weighted by molar-refractivity contribution is 5.80. The fourth-order valence-corrected chi connectivity index (χ4v) is 3.63. The molecule has 0 saturated carbocycles. The third kappa shape index (κ3) is 3.96. The molecule has 1 unspecified atom stereocenters. The first-order chi connectivity index (χ1) is 13.6. The number of anilines is 1. The summed E-state index contributed by atoms with van der Waals surface area (Å²) in [6, 6.07) is 12.0. The van der Waals surface area contributed by atoms with Crippen molar-refractivity contribution in [1.82, 2.24) is 20.3 Å². The SMILES string of the molecule is Cc1nc2cc(N3CCCC(C(=O)NCc4ccccc4)C3)cnc2nc1C. The Balaban J connectivity index is 1.45. The van der Waals surface area contributed by atoms with E-state index in [-0.39, 0.29) is 11.8 Å². The van der Waals surface area contributed by atoms with Crippen LogP contribution in [0.4, 0.5) is 5.69 Å². The van der Waals surface area contributed by atoms with Gasteiger partial charge in [-0.05, 0) is 38.3 Å². The van der Waals surface area contributed by atoms with Crippen LogP contribution in [0.1, 0.15) is 29.8 Å². The Morgan fingerprint density at radius 3 is 2.79 bits per heavy atom. The van der Waals surface area contributed by atoms with Crippen molar-refractivity contribution in [2.75, 3.05) is 18.0 Å². The van der Waals surface area contributed by atoms with E-state index in [1.165, 1.54) is 0 Å². The molecule has 28 heavy (non-hydrogen) atoms. The first kappa shape index (κ1) is 18.3. The molecule has 6 heteroatoms. The summed E-state index contributed by atoms with van der Waals surface area (Å²) in [4.78, 5) is 28.5. The molecule has 6 nitrogen and oxygen atoms in total. The maximum atomic E-state index is 12.7. The lowest BCUT2D eigenvalue weighted by molar-refractivity contribution is -0.125. The van der Waals surface area contributed by atoms with Gasteiger partial charge in [0.25, 0.3) is 0 Å². The molecule has 1 amide bonds. The summed E-state index contributed by atoms with van der Waals surface area (Å²) in [5, 5.41) is 3.08. The summed E-state index contributed by atoms with van der Waals surface area (Å²) in [6.07, 6.45) is 3.74. The Morgan fingerprint density at radius 2 is 1.96 bits per heavy atom. The van der Waals surface area contributed by atoms with Crippen LogP contribution in [0.2, 0.25) is 0 Å². The van der Waals surface area contributed by atoms with Crippen LogP contribution < -0.4 is 10.2 Å². The summed E-state index contributed by atoms with van der Waals surface area (Å²) < 4.78 is 0. The van der Waals surface area contributed by atoms with Gasteiger partial charge in [0.05, 0.1) is 29.2 Å². The molecule has 3 heterocycles. The molecule has 1 aliphatic heterocycles. The number of nitrogens with zero attached hydrogens (tertiary/aromatic N) is 4. The summed E-state index contributed by atoms with van der Waals surface area (Å²) in [5.74, 6) is 0.104. The van der Waals surface area contributed by atoms with Crippen molar-refractivity contribution in [2.45, 2.75) is 33.2 Å². The van der Waals surface area contributed by atoms with E-state index in [1.807, 2.05) is 56.4 Å². The number of carbonyl (C=O) groups excluding carboxylic acids is 1. The van der Waals surface area contributed by atoms with Crippen LogP contribution in [0, 0.1) is 19.8 Å². The lowest BCUT2D eigenvalue weighted by Crippen LogP contribution is -2.43. The molecule has 1 aliphatic rings. The van der Waals surface area contributed by atoms with Gasteiger partial charge in [0, 0.05) is 19.6 Å². The first-order valence-electron chi connectivity index (χ1n) is 9.78. The zero-order chi connectivity index (χ0) is 19.5. The Morgan fingerprint density at radius 1 is 1.18 bits per heavy atom. The Kier molecular flexibility index (Phi) is 5.19. The quantitative estimate of drug-likeness (QED) is 0.758. The number of benzene rings is 1. The average Bonchev–Trinajstić information content (AvgIpc) is 2.73. The van der Waals surface area contributed by atoms with E-state index in [4.69, 9.17) is 0 Å². The molecule has 4 rings (SSSR count). The number of hydrogen-bond donors (Lipinski definition) is 1. The first-order valence-corrected chi connectivity index (χ1v) is 9.78. The van der Waals surface area contributed by atoms with E-state index < -0.39 is 0 Å². The highest BCUT2D eigenvalue weighted by atomic mass is 16.1. The van der Waals surface area contributed by atoms with Crippen molar-refractivity contribution >= 4 is 22.8 Å². The molecule has 1 aromatic carbocycles. The Labute approximate surface area is 165 Å². The number of pyridine rings is 1. The number of carbonyl (C=O) groups is 1. The topological polar surface area (TPSA) is 71.0 Å². The number of aryl methyl sites for hydroxylation is 2. The fraction of sp³-hybridized carbons (Fsp3) is 0.364. The zero-order valence-electron chi connectivity index (χ0n) is 16.4. The molecule has 0 spiro atoms. The summed E-state index contributed by atoms with van der Waals surface area (Å²) in [6.45, 7) is 6.10. The largest absolute Gasteiger partial charge is 0.369 e. The van der Waals surface area contributed by atoms with Crippen molar-refractivity contribution in [2.24, 2.45) is 5.92 Å². The van der Waals surface area contributed by atoms with Crippen molar-refractivity contribution in [1.29, 1.82) is 0 Å². The van der Waals surface area contributed by atoms with E-state index in [0.717, 1.165) is 47.5 Å². The van der Waals surface area contributed by atoms with Crippen molar-refractivity contribution in [3.05, 3.63) is 59.5 Å². The molecular weight excluding hydrogens is 350 g/mol. The molecule has 1 atom stereocenters. The van der Waals surface area contributed by atoms with Gasteiger partial charge in [0.1, 0.15) is 5.52 Å². The maximum Gasteiger partial charge on any atom is 0.225 e. The predicted octanol–water partition coefficient (Wildman–Crippen LogP) is 3.17. The number of hydrogen-bond acceptors (Lipinski definition) is 5. The molecule has 3 aromatic rings. The van der Waals surface area contributed by atoms with Gasteiger partial charge in [0.15, 0.2) is 5.65 Å². The minimum Gasteiger partial charge on any atom is -0.369 e. The molecular formula is C22H25N5O. The standard InChI is InChI=1S/C22H25N5O/c1-15-16(2)26-21-20(25-15)11-19(13-23-21)27-10-6-9-18(14-27)22(28)24-12-17-7-4-3-5-8-17/h3-5,7-8,11,13,18H,6,9-10,12,14H2,1-2H3,(H,24,28). The second-order valence-corrected chi connectivity index (χ2v) is 7.42. The monoisotopic (exact) mass is 375 g/mol. The zero-order valence-corrected chi connectivity index (χ0v) is 16.4. The number of nitrogens with one attached hydrogen (secondary N) is 1. The van der Waals surface area contributed by atoms with Crippen molar-refractivity contribution in [3.63, 3.8) is 0 Å². The van der Waals surface area contributed by atoms with Crippen molar-refractivity contribution in [3.8, 4) is 0 Å². The molecule has 2 aromatic heterocycles. The third-order valence-electron chi connectivity index (χ3n) is 5.39. The molecule has 0 radical (unpaired) electrons. The number of piperidine rings is 1. The van der Waals surface area contributed by atoms with E-state index >= 15 is 0 Å². The van der Waals surface area contributed by atoms with Gasteiger partial charge >= 0.3 is 0 Å². The third-order valence-corrected chi connectivity index (χ3v) is 5.39. The second kappa shape index (κ2) is 7.92. The van der Waals surface area contributed by atoms with Crippen LogP contribution in [-0.4, -0.2) is 33.9 Å². The molecule has 0 bridgehead atoms. The molecule has 1 fully saturated rings. The van der Waals surface area contributed by atoms with E-state index in [1.54, 1.807) is 0 Å². The number of aromatic nitrogens is 3. The van der Waals surface area contributed by atoms with Crippen LogP contribution in [0.5, 0.6) is 0 Å². The van der Waals surface area contributed by atoms with Gasteiger partial charge in [0.2, 0.25) is 5.91 Å².